The molecular formula is C14H18N2. The highest BCUT2D eigenvalue weighted by Gasteiger charge is 2.17. The number of pyridine rings is 1. The lowest BCUT2D eigenvalue weighted by atomic mass is 9.85. The van der Waals surface area contributed by atoms with Gasteiger partial charge in [0.2, 0.25) is 0 Å². The quantitative estimate of drug-likeness (QED) is 0.785. The second-order valence-corrected chi connectivity index (χ2v) is 5.07. The maximum atomic E-state index is 4.65. The average molecular weight is 214 g/mol. The fourth-order valence-corrected chi connectivity index (χ4v) is 1.89. The highest BCUT2D eigenvalue weighted by atomic mass is 15.0. The lowest BCUT2D eigenvalue weighted by molar-refractivity contribution is 0.594. The van der Waals surface area contributed by atoms with Gasteiger partial charge in [-0.1, -0.05) is 39.0 Å². The zero-order valence-corrected chi connectivity index (χ0v) is 10.3. The van der Waals surface area contributed by atoms with Crippen LogP contribution in [0.25, 0.3) is 10.9 Å². The summed E-state index contributed by atoms with van der Waals surface area (Å²) in [6.45, 7) is 6.65. The minimum Gasteiger partial charge on any atom is -0.373 e. The van der Waals surface area contributed by atoms with Crippen LogP contribution in [-0.4, -0.2) is 12.0 Å². The zero-order chi connectivity index (χ0) is 11.8. The van der Waals surface area contributed by atoms with Gasteiger partial charge in [-0.25, -0.2) is 4.98 Å². The normalized spacial score (nSPS) is 11.8. The van der Waals surface area contributed by atoms with Crippen LogP contribution in [0.3, 0.4) is 0 Å². The maximum absolute atomic E-state index is 4.65. The molecule has 2 aromatic rings. The van der Waals surface area contributed by atoms with E-state index in [1.54, 1.807) is 0 Å². The largest absolute Gasteiger partial charge is 0.373 e. The lowest BCUT2D eigenvalue weighted by Crippen LogP contribution is -2.12. The smallest absolute Gasteiger partial charge is 0.126 e. The summed E-state index contributed by atoms with van der Waals surface area (Å²) in [4.78, 5) is 4.65. The number of aromatic nitrogens is 1. The van der Waals surface area contributed by atoms with E-state index in [1.165, 1.54) is 10.9 Å². The molecule has 0 radical (unpaired) electrons. The minimum absolute atomic E-state index is 0.124. The molecule has 0 aliphatic heterocycles. The fraction of sp³-hybridized carbons (Fsp3) is 0.357. The van der Waals surface area contributed by atoms with Gasteiger partial charge in [0.15, 0.2) is 0 Å². The monoisotopic (exact) mass is 214 g/mol. The number of anilines is 1. The van der Waals surface area contributed by atoms with E-state index in [4.69, 9.17) is 0 Å². The SMILES string of the molecule is CNc1ccc2cccc(C(C)(C)C)c2n1. The van der Waals surface area contributed by atoms with Crippen LogP contribution in [0, 0.1) is 0 Å². The van der Waals surface area contributed by atoms with Crippen molar-refractivity contribution in [3.05, 3.63) is 35.9 Å². The zero-order valence-electron chi connectivity index (χ0n) is 10.3. The van der Waals surface area contributed by atoms with Crippen molar-refractivity contribution in [3.63, 3.8) is 0 Å². The summed E-state index contributed by atoms with van der Waals surface area (Å²) in [6.07, 6.45) is 0. The number of nitrogens with one attached hydrogen (secondary N) is 1. The minimum atomic E-state index is 0.124. The second-order valence-electron chi connectivity index (χ2n) is 5.07. The van der Waals surface area contributed by atoms with Gasteiger partial charge < -0.3 is 5.32 Å². The third-order valence-corrected chi connectivity index (χ3v) is 2.78. The van der Waals surface area contributed by atoms with Gasteiger partial charge in [0, 0.05) is 12.4 Å². The van der Waals surface area contributed by atoms with Crippen molar-refractivity contribution in [1.82, 2.24) is 4.98 Å². The van der Waals surface area contributed by atoms with Crippen LogP contribution in [0.4, 0.5) is 5.82 Å². The van der Waals surface area contributed by atoms with Crippen LogP contribution in [0.15, 0.2) is 30.3 Å². The maximum Gasteiger partial charge on any atom is 0.126 e. The van der Waals surface area contributed by atoms with Crippen molar-refractivity contribution in [2.75, 3.05) is 12.4 Å². The first kappa shape index (κ1) is 10.9. The molecular weight excluding hydrogens is 196 g/mol. The van der Waals surface area contributed by atoms with E-state index >= 15 is 0 Å². The van der Waals surface area contributed by atoms with Gasteiger partial charge in [-0.2, -0.15) is 0 Å². The van der Waals surface area contributed by atoms with Crippen LogP contribution < -0.4 is 5.32 Å². The molecule has 0 aliphatic carbocycles. The molecule has 2 heteroatoms. The van der Waals surface area contributed by atoms with Gasteiger partial charge in [0.05, 0.1) is 5.52 Å². The highest BCUT2D eigenvalue weighted by Crippen LogP contribution is 2.29. The Morgan fingerprint density at radius 3 is 2.44 bits per heavy atom. The first-order valence-corrected chi connectivity index (χ1v) is 5.60. The number of fused-ring (bicyclic) bond motifs is 1. The molecule has 2 nitrogen and oxygen atoms in total. The van der Waals surface area contributed by atoms with E-state index in [1.807, 2.05) is 13.1 Å². The van der Waals surface area contributed by atoms with Crippen LogP contribution in [0.5, 0.6) is 0 Å². The molecule has 1 aromatic carbocycles. The Morgan fingerprint density at radius 2 is 1.81 bits per heavy atom. The Labute approximate surface area is 96.7 Å². The Morgan fingerprint density at radius 1 is 1.06 bits per heavy atom. The van der Waals surface area contributed by atoms with Crippen molar-refractivity contribution in [1.29, 1.82) is 0 Å². The summed E-state index contributed by atoms with van der Waals surface area (Å²) in [6, 6.07) is 10.5. The summed E-state index contributed by atoms with van der Waals surface area (Å²) in [7, 11) is 1.90. The van der Waals surface area contributed by atoms with Crippen molar-refractivity contribution in [2.45, 2.75) is 26.2 Å². The third-order valence-electron chi connectivity index (χ3n) is 2.78. The molecule has 0 amide bonds. The number of nitrogens with zero attached hydrogens (tertiary/aromatic N) is 1. The molecule has 0 spiro atoms. The Kier molecular flexibility index (Phi) is 2.58. The topological polar surface area (TPSA) is 24.9 Å². The van der Waals surface area contributed by atoms with Crippen LogP contribution in [-0.2, 0) is 5.41 Å². The van der Waals surface area contributed by atoms with E-state index in [9.17, 15) is 0 Å². The summed E-state index contributed by atoms with van der Waals surface area (Å²) in [5.41, 5.74) is 2.52. The van der Waals surface area contributed by atoms with E-state index in [-0.39, 0.29) is 5.41 Å². The van der Waals surface area contributed by atoms with E-state index < -0.39 is 0 Å². The molecule has 16 heavy (non-hydrogen) atoms. The molecule has 1 aromatic heterocycles. The Hall–Kier alpha value is -1.57. The van der Waals surface area contributed by atoms with Gasteiger partial charge in [0.25, 0.3) is 0 Å². The lowest BCUT2D eigenvalue weighted by Gasteiger charge is -2.20. The van der Waals surface area contributed by atoms with Crippen molar-refractivity contribution >= 4 is 16.7 Å². The molecule has 1 heterocycles. The van der Waals surface area contributed by atoms with Crippen LogP contribution in [0.2, 0.25) is 0 Å². The Balaban J connectivity index is 2.74. The first-order chi connectivity index (χ1) is 7.52. The molecule has 0 aliphatic rings. The summed E-state index contributed by atoms with van der Waals surface area (Å²) >= 11 is 0. The van der Waals surface area contributed by atoms with Crippen LogP contribution in [0.1, 0.15) is 26.3 Å². The molecule has 0 unspecified atom stereocenters. The van der Waals surface area contributed by atoms with Crippen molar-refractivity contribution < 1.29 is 0 Å². The number of rotatable bonds is 1. The van der Waals surface area contributed by atoms with E-state index in [0.717, 1.165) is 11.3 Å². The summed E-state index contributed by atoms with van der Waals surface area (Å²) in [5, 5.41) is 4.29. The molecule has 0 fully saturated rings. The predicted octanol–water partition coefficient (Wildman–Crippen LogP) is 3.57. The summed E-state index contributed by atoms with van der Waals surface area (Å²) < 4.78 is 0. The molecule has 0 atom stereocenters. The number of benzene rings is 1. The molecule has 84 valence electrons. The average Bonchev–Trinajstić information content (AvgIpc) is 2.26. The second kappa shape index (κ2) is 3.78. The number of hydrogen-bond acceptors (Lipinski definition) is 2. The van der Waals surface area contributed by atoms with Crippen molar-refractivity contribution in [2.24, 2.45) is 0 Å². The Bertz CT molecular complexity index is 510. The van der Waals surface area contributed by atoms with Crippen LogP contribution >= 0.6 is 0 Å². The predicted molar refractivity (Wildman–Crippen MR) is 70.0 cm³/mol. The van der Waals surface area contributed by atoms with Gasteiger partial charge in [-0.3, -0.25) is 0 Å². The van der Waals surface area contributed by atoms with Crippen molar-refractivity contribution in [3.8, 4) is 0 Å². The molecule has 2 rings (SSSR count). The number of hydrogen-bond donors (Lipinski definition) is 1. The fourth-order valence-electron chi connectivity index (χ4n) is 1.89. The van der Waals surface area contributed by atoms with E-state index in [2.05, 4.69) is 55.3 Å². The summed E-state index contributed by atoms with van der Waals surface area (Å²) in [5.74, 6) is 0.921. The molecule has 0 saturated carbocycles. The molecule has 1 N–H and O–H groups in total. The first-order valence-electron chi connectivity index (χ1n) is 5.60. The molecule has 0 saturated heterocycles. The third kappa shape index (κ3) is 1.87. The van der Waals surface area contributed by atoms with Gasteiger partial charge in [-0.15, -0.1) is 0 Å². The van der Waals surface area contributed by atoms with Gasteiger partial charge in [0.1, 0.15) is 5.82 Å². The molecule has 0 bridgehead atoms. The van der Waals surface area contributed by atoms with E-state index in [0.29, 0.717) is 0 Å². The highest BCUT2D eigenvalue weighted by molar-refractivity contribution is 5.84. The van der Waals surface area contributed by atoms with Gasteiger partial charge in [-0.05, 0) is 23.1 Å². The number of para-hydroxylation sites is 1. The standard InChI is InChI=1S/C14H18N2/c1-14(2,3)11-7-5-6-10-8-9-12(15-4)16-13(10)11/h5-9H,1-4H3,(H,15,16). The van der Waals surface area contributed by atoms with Gasteiger partial charge >= 0.3 is 0 Å².